The smallest absolute Gasteiger partial charge is 0.244 e. The van der Waals surface area contributed by atoms with E-state index in [-0.39, 0.29) is 30.3 Å². The Hall–Kier alpha value is -1.84. The molecule has 1 fully saturated rings. The summed E-state index contributed by atoms with van der Waals surface area (Å²) >= 11 is 0. The van der Waals surface area contributed by atoms with E-state index < -0.39 is 22.0 Å². The number of sulfonamides is 1. The average molecular weight is 315 g/mol. The first-order valence-corrected chi connectivity index (χ1v) is 7.64. The maximum atomic E-state index is 12.6. The summed E-state index contributed by atoms with van der Waals surface area (Å²) in [6.45, 7) is 0.205. The van der Waals surface area contributed by atoms with E-state index in [0.717, 1.165) is 4.31 Å². The number of methoxy groups -OCH3 is 1. The number of rotatable bonds is 4. The number of primary amides is 1. The number of hydrogen-bond acceptors (Lipinski definition) is 6. The Morgan fingerprint density at radius 1 is 1.48 bits per heavy atom. The molecule has 1 unspecified atom stereocenters. The van der Waals surface area contributed by atoms with Gasteiger partial charge in [0.2, 0.25) is 15.9 Å². The van der Waals surface area contributed by atoms with Crippen LogP contribution in [0.1, 0.15) is 0 Å². The van der Waals surface area contributed by atoms with Crippen molar-refractivity contribution in [1.82, 2.24) is 4.31 Å². The molecule has 116 valence electrons. The van der Waals surface area contributed by atoms with Crippen molar-refractivity contribution in [2.75, 3.05) is 32.6 Å². The minimum absolute atomic E-state index is 0.0195. The van der Waals surface area contributed by atoms with Crippen LogP contribution in [0.4, 0.5) is 5.69 Å². The lowest BCUT2D eigenvalue weighted by Crippen LogP contribution is -2.54. The molecule has 2 rings (SSSR count). The van der Waals surface area contributed by atoms with Gasteiger partial charge in [-0.1, -0.05) is 0 Å². The monoisotopic (exact) mass is 315 g/mol. The van der Waals surface area contributed by atoms with E-state index in [9.17, 15) is 13.2 Å². The van der Waals surface area contributed by atoms with E-state index in [0.29, 0.717) is 5.75 Å². The fourth-order valence-corrected chi connectivity index (χ4v) is 3.71. The van der Waals surface area contributed by atoms with Crippen molar-refractivity contribution < 1.29 is 22.7 Å². The third-order valence-electron chi connectivity index (χ3n) is 3.22. The topological polar surface area (TPSA) is 125 Å². The Bertz CT molecular complexity index is 646. The van der Waals surface area contributed by atoms with Gasteiger partial charge < -0.3 is 20.9 Å². The minimum Gasteiger partial charge on any atom is -0.495 e. The van der Waals surface area contributed by atoms with E-state index in [1.54, 1.807) is 0 Å². The van der Waals surface area contributed by atoms with Crippen LogP contribution in [0.5, 0.6) is 5.75 Å². The molecule has 0 saturated carbocycles. The first-order chi connectivity index (χ1) is 9.87. The molecule has 4 N–H and O–H groups in total. The second-order valence-electron chi connectivity index (χ2n) is 4.51. The van der Waals surface area contributed by atoms with Gasteiger partial charge in [0, 0.05) is 6.54 Å². The lowest BCUT2D eigenvalue weighted by atomic mass is 10.3. The molecule has 1 aliphatic heterocycles. The van der Waals surface area contributed by atoms with Gasteiger partial charge in [0.15, 0.2) is 0 Å². The minimum atomic E-state index is -3.89. The summed E-state index contributed by atoms with van der Waals surface area (Å²) in [6, 6.07) is 3.11. The number of morpholine rings is 1. The Balaban J connectivity index is 2.40. The first kappa shape index (κ1) is 15.5. The van der Waals surface area contributed by atoms with Gasteiger partial charge in [0.1, 0.15) is 11.8 Å². The molecule has 1 heterocycles. The fourth-order valence-electron chi connectivity index (χ4n) is 2.11. The highest BCUT2D eigenvalue weighted by Crippen LogP contribution is 2.27. The first-order valence-electron chi connectivity index (χ1n) is 6.20. The third kappa shape index (κ3) is 2.94. The standard InChI is InChI=1S/C12H17N3O5S/c1-19-11-3-2-8(6-9(11)13)21(17,18)15-4-5-20-7-10(15)12(14)16/h2-3,6,10H,4-5,7,13H2,1H3,(H2,14,16). The van der Waals surface area contributed by atoms with Crippen molar-refractivity contribution in [3.8, 4) is 5.75 Å². The largest absolute Gasteiger partial charge is 0.495 e. The zero-order chi connectivity index (χ0) is 15.6. The molecule has 0 bridgehead atoms. The van der Waals surface area contributed by atoms with Crippen LogP contribution < -0.4 is 16.2 Å². The molecule has 8 nitrogen and oxygen atoms in total. The quantitative estimate of drug-likeness (QED) is 0.697. The second kappa shape index (κ2) is 5.88. The van der Waals surface area contributed by atoms with Gasteiger partial charge in [-0.2, -0.15) is 4.31 Å². The van der Waals surface area contributed by atoms with Crippen molar-refractivity contribution in [2.24, 2.45) is 5.73 Å². The summed E-state index contributed by atoms with van der Waals surface area (Å²) in [7, 11) is -2.45. The van der Waals surface area contributed by atoms with Gasteiger partial charge >= 0.3 is 0 Å². The summed E-state index contributed by atoms with van der Waals surface area (Å²) in [4.78, 5) is 11.4. The Morgan fingerprint density at radius 3 is 2.76 bits per heavy atom. The van der Waals surface area contributed by atoms with Crippen molar-refractivity contribution in [3.05, 3.63) is 18.2 Å². The van der Waals surface area contributed by atoms with E-state index in [4.69, 9.17) is 20.9 Å². The molecule has 0 aromatic heterocycles. The number of nitrogen functional groups attached to an aromatic ring is 1. The van der Waals surface area contributed by atoms with Crippen LogP contribution in [-0.2, 0) is 19.6 Å². The normalized spacial score (nSPS) is 20.1. The zero-order valence-electron chi connectivity index (χ0n) is 11.5. The van der Waals surface area contributed by atoms with E-state index in [1.165, 1.54) is 25.3 Å². The zero-order valence-corrected chi connectivity index (χ0v) is 12.3. The molecule has 21 heavy (non-hydrogen) atoms. The summed E-state index contributed by atoms with van der Waals surface area (Å²) in [5, 5.41) is 0. The van der Waals surface area contributed by atoms with Crippen LogP contribution in [-0.4, -0.2) is 51.5 Å². The molecule has 1 amide bonds. The number of ether oxygens (including phenoxy) is 2. The molecule has 1 saturated heterocycles. The summed E-state index contributed by atoms with van der Waals surface area (Å²) < 4.78 is 36.4. The predicted molar refractivity (Wildman–Crippen MR) is 75.1 cm³/mol. The van der Waals surface area contributed by atoms with E-state index in [2.05, 4.69) is 0 Å². The highest BCUT2D eigenvalue weighted by molar-refractivity contribution is 7.89. The van der Waals surface area contributed by atoms with E-state index >= 15 is 0 Å². The molecule has 0 spiro atoms. The van der Waals surface area contributed by atoms with Crippen LogP contribution in [0.3, 0.4) is 0 Å². The van der Waals surface area contributed by atoms with Gasteiger partial charge in [0.25, 0.3) is 0 Å². The maximum Gasteiger partial charge on any atom is 0.244 e. The summed E-state index contributed by atoms with van der Waals surface area (Å²) in [5.74, 6) is -0.373. The van der Waals surface area contributed by atoms with Crippen LogP contribution >= 0.6 is 0 Å². The number of amides is 1. The number of anilines is 1. The van der Waals surface area contributed by atoms with Crippen molar-refractivity contribution >= 4 is 21.6 Å². The molecular formula is C12H17N3O5S. The van der Waals surface area contributed by atoms with Crippen molar-refractivity contribution in [2.45, 2.75) is 10.9 Å². The van der Waals surface area contributed by atoms with Crippen LogP contribution in [0, 0.1) is 0 Å². The second-order valence-corrected chi connectivity index (χ2v) is 6.40. The van der Waals surface area contributed by atoms with Gasteiger partial charge in [-0.15, -0.1) is 0 Å². The maximum absolute atomic E-state index is 12.6. The lowest BCUT2D eigenvalue weighted by Gasteiger charge is -2.32. The number of carbonyl (C=O) groups is 1. The van der Waals surface area contributed by atoms with Crippen molar-refractivity contribution in [3.63, 3.8) is 0 Å². The average Bonchev–Trinajstić information content (AvgIpc) is 2.47. The Labute approximate surface area is 122 Å². The van der Waals surface area contributed by atoms with Gasteiger partial charge in [-0.25, -0.2) is 8.42 Å². The van der Waals surface area contributed by atoms with Crippen molar-refractivity contribution in [1.29, 1.82) is 0 Å². The summed E-state index contributed by atoms with van der Waals surface area (Å²) in [5.41, 5.74) is 11.2. The molecule has 9 heteroatoms. The number of hydrogen-bond donors (Lipinski definition) is 2. The third-order valence-corrected chi connectivity index (χ3v) is 5.12. The highest BCUT2D eigenvalue weighted by Gasteiger charge is 2.37. The van der Waals surface area contributed by atoms with Gasteiger partial charge in [-0.05, 0) is 18.2 Å². The molecule has 0 radical (unpaired) electrons. The molecule has 1 aromatic rings. The molecule has 0 aliphatic carbocycles. The Kier molecular flexibility index (Phi) is 4.35. The predicted octanol–water partition coefficient (Wildman–Crippen LogP) is -0.848. The molecule has 1 aromatic carbocycles. The number of nitrogens with two attached hydrogens (primary N) is 2. The highest BCUT2D eigenvalue weighted by atomic mass is 32.2. The van der Waals surface area contributed by atoms with Crippen LogP contribution in [0.25, 0.3) is 0 Å². The number of benzene rings is 1. The number of carbonyl (C=O) groups excluding carboxylic acids is 1. The molecular weight excluding hydrogens is 298 g/mol. The molecule has 1 atom stereocenters. The van der Waals surface area contributed by atoms with E-state index in [1.807, 2.05) is 0 Å². The lowest BCUT2D eigenvalue weighted by molar-refractivity contribution is -0.125. The summed E-state index contributed by atoms with van der Waals surface area (Å²) in [6.07, 6.45) is 0. The fraction of sp³-hybridized carbons (Fsp3) is 0.417. The van der Waals surface area contributed by atoms with Crippen LogP contribution in [0.15, 0.2) is 23.1 Å². The SMILES string of the molecule is COc1ccc(S(=O)(=O)N2CCOCC2C(N)=O)cc1N. The Morgan fingerprint density at radius 2 is 2.19 bits per heavy atom. The van der Waals surface area contributed by atoms with Gasteiger partial charge in [-0.3, -0.25) is 4.79 Å². The van der Waals surface area contributed by atoms with Gasteiger partial charge in [0.05, 0.1) is 30.9 Å². The molecule has 1 aliphatic rings. The van der Waals surface area contributed by atoms with Crippen LogP contribution in [0.2, 0.25) is 0 Å². The number of nitrogens with zero attached hydrogens (tertiary/aromatic N) is 1.